The summed E-state index contributed by atoms with van der Waals surface area (Å²) < 4.78 is 6.52. The predicted molar refractivity (Wildman–Crippen MR) is 212 cm³/mol. The third-order valence-electron chi connectivity index (χ3n) is 9.92. The van der Waals surface area contributed by atoms with Gasteiger partial charge < -0.3 is 4.42 Å². The zero-order valence-electron chi connectivity index (χ0n) is 27.6. The number of hydrogen-bond donors (Lipinski definition) is 0. The van der Waals surface area contributed by atoms with Crippen LogP contribution in [0.5, 0.6) is 0 Å². The van der Waals surface area contributed by atoms with Gasteiger partial charge >= 0.3 is 0 Å². The minimum atomic E-state index is 0.661. The maximum absolute atomic E-state index is 6.52. The molecular formula is C48H30N2O. The largest absolute Gasteiger partial charge is 0.455 e. The molecule has 10 rings (SSSR count). The van der Waals surface area contributed by atoms with E-state index in [0.29, 0.717) is 5.82 Å². The van der Waals surface area contributed by atoms with E-state index in [1.165, 1.54) is 32.7 Å². The molecular weight excluding hydrogens is 621 g/mol. The molecule has 3 nitrogen and oxygen atoms in total. The van der Waals surface area contributed by atoms with Crippen LogP contribution in [-0.2, 0) is 0 Å². The standard InChI is InChI=1S/C48H30N2O/c1-2-13-31(14-3-1)32-25-27-33(28-26-32)48-49-44(30-45(50-48)42-23-12-22-41-40-21-10-11-24-46(40)51-47(41)42)39-20-9-8-19-38(39)43-29-34-15-4-5-16-35(34)36-17-6-7-18-37(36)43/h1-30H. The molecule has 0 aliphatic rings. The first-order chi connectivity index (χ1) is 25.3. The topological polar surface area (TPSA) is 38.9 Å². The molecule has 0 fully saturated rings. The number of rotatable bonds is 5. The van der Waals surface area contributed by atoms with Crippen LogP contribution in [0.4, 0.5) is 0 Å². The Morgan fingerprint density at radius 3 is 1.73 bits per heavy atom. The van der Waals surface area contributed by atoms with E-state index in [2.05, 4.69) is 164 Å². The van der Waals surface area contributed by atoms with Gasteiger partial charge in [-0.05, 0) is 68.1 Å². The molecule has 0 spiro atoms. The smallest absolute Gasteiger partial charge is 0.160 e. The van der Waals surface area contributed by atoms with Crippen molar-refractivity contribution in [3.8, 4) is 56.2 Å². The van der Waals surface area contributed by atoms with Crippen molar-refractivity contribution >= 4 is 43.5 Å². The van der Waals surface area contributed by atoms with Crippen LogP contribution in [0, 0.1) is 0 Å². The summed E-state index contributed by atoms with van der Waals surface area (Å²) >= 11 is 0. The monoisotopic (exact) mass is 650 g/mol. The van der Waals surface area contributed by atoms with Crippen LogP contribution in [0.2, 0.25) is 0 Å². The van der Waals surface area contributed by atoms with Crippen molar-refractivity contribution in [1.82, 2.24) is 9.97 Å². The van der Waals surface area contributed by atoms with Crippen LogP contribution in [-0.4, -0.2) is 9.97 Å². The number of furan rings is 1. The first kappa shape index (κ1) is 29.1. The second-order valence-corrected chi connectivity index (χ2v) is 12.9. The average molecular weight is 651 g/mol. The fourth-order valence-electron chi connectivity index (χ4n) is 7.46. The van der Waals surface area contributed by atoms with Gasteiger partial charge in [-0.3, -0.25) is 0 Å². The maximum Gasteiger partial charge on any atom is 0.160 e. The van der Waals surface area contributed by atoms with Gasteiger partial charge in [0.2, 0.25) is 0 Å². The molecule has 0 amide bonds. The van der Waals surface area contributed by atoms with Crippen LogP contribution in [0.3, 0.4) is 0 Å². The quantitative estimate of drug-likeness (QED) is 0.174. The highest BCUT2D eigenvalue weighted by molar-refractivity contribution is 6.15. The lowest BCUT2D eigenvalue weighted by molar-refractivity contribution is 0.670. The first-order valence-corrected chi connectivity index (χ1v) is 17.2. The summed E-state index contributed by atoms with van der Waals surface area (Å²) in [6.07, 6.45) is 0. The molecule has 238 valence electrons. The Balaban J connectivity index is 1.21. The van der Waals surface area contributed by atoms with Gasteiger partial charge in [-0.15, -0.1) is 0 Å². The summed E-state index contributed by atoms with van der Waals surface area (Å²) in [6, 6.07) is 63.8. The Morgan fingerprint density at radius 2 is 0.902 bits per heavy atom. The fraction of sp³-hybridized carbons (Fsp3) is 0. The molecule has 8 aromatic carbocycles. The summed E-state index contributed by atoms with van der Waals surface area (Å²) in [4.78, 5) is 10.6. The predicted octanol–water partition coefficient (Wildman–Crippen LogP) is 13.0. The third-order valence-corrected chi connectivity index (χ3v) is 9.92. The lowest BCUT2D eigenvalue weighted by Crippen LogP contribution is -1.97. The Morgan fingerprint density at radius 1 is 0.333 bits per heavy atom. The molecule has 10 aromatic rings. The third kappa shape index (κ3) is 4.98. The molecule has 0 bridgehead atoms. The van der Waals surface area contributed by atoms with Gasteiger partial charge in [0.05, 0.1) is 11.4 Å². The summed E-state index contributed by atoms with van der Waals surface area (Å²) in [5.74, 6) is 0.661. The van der Waals surface area contributed by atoms with Gasteiger partial charge in [-0.1, -0.05) is 158 Å². The number of fused-ring (bicyclic) bond motifs is 6. The fourth-order valence-corrected chi connectivity index (χ4v) is 7.46. The van der Waals surface area contributed by atoms with E-state index in [-0.39, 0.29) is 0 Å². The van der Waals surface area contributed by atoms with Crippen LogP contribution < -0.4 is 0 Å². The van der Waals surface area contributed by atoms with E-state index in [0.717, 1.165) is 61.1 Å². The molecule has 0 unspecified atom stereocenters. The Bertz CT molecular complexity index is 2910. The number of aromatic nitrogens is 2. The second-order valence-electron chi connectivity index (χ2n) is 12.9. The molecule has 0 saturated carbocycles. The summed E-state index contributed by atoms with van der Waals surface area (Å²) in [6.45, 7) is 0. The van der Waals surface area contributed by atoms with E-state index >= 15 is 0 Å². The van der Waals surface area contributed by atoms with E-state index in [4.69, 9.17) is 14.4 Å². The van der Waals surface area contributed by atoms with E-state index in [9.17, 15) is 0 Å². The highest BCUT2D eigenvalue weighted by Crippen LogP contribution is 2.41. The Labute approximate surface area is 295 Å². The molecule has 51 heavy (non-hydrogen) atoms. The molecule has 0 aliphatic heterocycles. The highest BCUT2D eigenvalue weighted by Gasteiger charge is 2.19. The number of benzene rings is 8. The van der Waals surface area contributed by atoms with Crippen molar-refractivity contribution in [1.29, 1.82) is 0 Å². The lowest BCUT2D eigenvalue weighted by atomic mass is 9.90. The van der Waals surface area contributed by atoms with Gasteiger partial charge in [0.15, 0.2) is 5.82 Å². The van der Waals surface area contributed by atoms with E-state index in [1.54, 1.807) is 0 Å². The van der Waals surface area contributed by atoms with Crippen LogP contribution in [0.15, 0.2) is 186 Å². The van der Waals surface area contributed by atoms with Gasteiger partial charge in [0, 0.05) is 27.5 Å². The zero-order chi connectivity index (χ0) is 33.7. The van der Waals surface area contributed by atoms with Crippen molar-refractivity contribution in [2.45, 2.75) is 0 Å². The molecule has 2 heterocycles. The van der Waals surface area contributed by atoms with Gasteiger partial charge in [-0.25, -0.2) is 9.97 Å². The summed E-state index contributed by atoms with van der Waals surface area (Å²) in [5.41, 5.74) is 10.9. The van der Waals surface area contributed by atoms with Gasteiger partial charge in [-0.2, -0.15) is 0 Å². The lowest BCUT2D eigenvalue weighted by Gasteiger charge is -2.16. The maximum atomic E-state index is 6.52. The van der Waals surface area contributed by atoms with Gasteiger partial charge in [0.25, 0.3) is 0 Å². The zero-order valence-corrected chi connectivity index (χ0v) is 27.6. The van der Waals surface area contributed by atoms with Crippen LogP contribution in [0.25, 0.3) is 99.6 Å². The molecule has 3 heteroatoms. The van der Waals surface area contributed by atoms with Crippen LogP contribution in [0.1, 0.15) is 0 Å². The van der Waals surface area contributed by atoms with Crippen molar-refractivity contribution in [3.63, 3.8) is 0 Å². The molecule has 0 N–H and O–H groups in total. The molecule has 0 radical (unpaired) electrons. The number of hydrogen-bond acceptors (Lipinski definition) is 3. The minimum Gasteiger partial charge on any atom is -0.455 e. The number of nitrogens with zero attached hydrogens (tertiary/aromatic N) is 2. The molecule has 2 aromatic heterocycles. The van der Waals surface area contributed by atoms with Crippen molar-refractivity contribution in [2.75, 3.05) is 0 Å². The van der Waals surface area contributed by atoms with Crippen molar-refractivity contribution in [3.05, 3.63) is 182 Å². The number of para-hydroxylation sites is 2. The average Bonchev–Trinajstić information content (AvgIpc) is 3.60. The Kier molecular flexibility index (Phi) is 6.81. The van der Waals surface area contributed by atoms with Gasteiger partial charge in [0.1, 0.15) is 11.2 Å². The van der Waals surface area contributed by atoms with Crippen molar-refractivity contribution < 1.29 is 4.42 Å². The SMILES string of the molecule is c1ccc(-c2ccc(-c3nc(-c4ccccc4-c4cc5ccccc5c5ccccc45)cc(-c4cccc5c4oc4ccccc45)n3)cc2)cc1. The molecule has 0 saturated heterocycles. The summed E-state index contributed by atoms with van der Waals surface area (Å²) in [5, 5.41) is 7.06. The summed E-state index contributed by atoms with van der Waals surface area (Å²) in [7, 11) is 0. The normalized spacial score (nSPS) is 11.5. The van der Waals surface area contributed by atoms with Crippen molar-refractivity contribution in [2.24, 2.45) is 0 Å². The molecule has 0 aliphatic carbocycles. The van der Waals surface area contributed by atoms with Crippen LogP contribution >= 0.6 is 0 Å². The second kappa shape index (κ2) is 11.9. The first-order valence-electron chi connectivity index (χ1n) is 17.2. The molecule has 0 atom stereocenters. The minimum absolute atomic E-state index is 0.661. The van der Waals surface area contributed by atoms with E-state index in [1.807, 2.05) is 18.2 Å². The van der Waals surface area contributed by atoms with E-state index < -0.39 is 0 Å². The Hall–Kier alpha value is -6.84. The highest BCUT2D eigenvalue weighted by atomic mass is 16.3.